The Labute approximate surface area is 273 Å². The van der Waals surface area contributed by atoms with E-state index >= 15 is 0 Å². The zero-order chi connectivity index (χ0) is 33.3. The average molecular weight is 639 g/mol. The first-order valence-corrected chi connectivity index (χ1v) is 19.1. The smallest absolute Gasteiger partial charge is 0.408 e. The van der Waals surface area contributed by atoms with E-state index in [1.165, 1.54) is 17.7 Å². The summed E-state index contributed by atoms with van der Waals surface area (Å²) in [6.45, 7) is 10.6. The molecule has 0 spiro atoms. The molecule has 4 aromatic rings. The zero-order valence-electron chi connectivity index (χ0n) is 27.8. The van der Waals surface area contributed by atoms with Crippen LogP contribution in [0.4, 0.5) is 4.79 Å². The van der Waals surface area contributed by atoms with Gasteiger partial charge in [0, 0.05) is 18.5 Å². The minimum absolute atomic E-state index is 0.0669. The molecule has 0 heterocycles. The molecule has 46 heavy (non-hydrogen) atoms. The maximum atomic E-state index is 12.8. The Morgan fingerprint density at radius 3 is 2.20 bits per heavy atom. The van der Waals surface area contributed by atoms with Gasteiger partial charge in [0.2, 0.25) is 0 Å². The maximum Gasteiger partial charge on any atom is 0.408 e. The van der Waals surface area contributed by atoms with E-state index in [4.69, 9.17) is 9.47 Å². The molecule has 4 rings (SSSR count). The molecule has 0 aliphatic rings. The lowest BCUT2D eigenvalue weighted by atomic mass is 9.98. The number of carbonyl (C=O) groups is 3. The number of rotatable bonds is 12. The molecular weight excluding hydrogens is 593 g/mol. The summed E-state index contributed by atoms with van der Waals surface area (Å²) in [4.78, 5) is 38.0. The molecule has 8 heteroatoms. The largest absolute Gasteiger partial charge is 0.467 e. The highest BCUT2D eigenvalue weighted by Crippen LogP contribution is 2.25. The third-order valence-corrected chi connectivity index (χ3v) is 11.6. The molecule has 0 aromatic heterocycles. The summed E-state index contributed by atoms with van der Waals surface area (Å²) in [6.07, 6.45) is 1.53. The molecule has 0 aliphatic carbocycles. The van der Waals surface area contributed by atoms with E-state index < -0.39 is 31.8 Å². The Morgan fingerprint density at radius 2 is 1.50 bits per heavy atom. The molecule has 0 radical (unpaired) electrons. The molecule has 2 amide bonds. The van der Waals surface area contributed by atoms with Crippen LogP contribution in [-0.4, -0.2) is 44.8 Å². The highest BCUT2D eigenvalue weighted by molar-refractivity contribution is 6.91. The third-order valence-electron chi connectivity index (χ3n) is 8.10. The molecule has 0 unspecified atom stereocenters. The minimum Gasteiger partial charge on any atom is -0.467 e. The minimum atomic E-state index is -1.89. The van der Waals surface area contributed by atoms with Crippen molar-refractivity contribution in [3.63, 3.8) is 0 Å². The van der Waals surface area contributed by atoms with Gasteiger partial charge in [0.15, 0.2) is 0 Å². The van der Waals surface area contributed by atoms with E-state index in [1.54, 1.807) is 20.8 Å². The van der Waals surface area contributed by atoms with Crippen molar-refractivity contribution in [3.05, 3.63) is 113 Å². The summed E-state index contributed by atoms with van der Waals surface area (Å²) in [5, 5.41) is 9.32. The van der Waals surface area contributed by atoms with E-state index in [-0.39, 0.29) is 12.3 Å². The number of benzene rings is 4. The molecule has 0 saturated carbocycles. The van der Waals surface area contributed by atoms with E-state index in [0.717, 1.165) is 41.0 Å². The standard InChI is InChI=1S/C38H46N2O5Si/c1-38(2,3)45-37(43)40-33(36(42)44-4)25-29-21-22-34(32-20-11-10-19-31(29)32)46(5,6)23-13-17-27-16-12-18-30(24-27)35(41)39-26-28-14-8-7-9-15-28/h7-12,14-16,18-22,24,33H,13,17,23,25-26H2,1-6H3,(H,39,41)(H,40,43)/t33-/m0/s1. The summed E-state index contributed by atoms with van der Waals surface area (Å²) < 4.78 is 10.4. The predicted molar refractivity (Wildman–Crippen MR) is 187 cm³/mol. The average Bonchev–Trinajstić information content (AvgIpc) is 3.02. The number of hydrogen-bond donors (Lipinski definition) is 2. The van der Waals surface area contributed by atoms with Gasteiger partial charge < -0.3 is 20.1 Å². The van der Waals surface area contributed by atoms with Gasteiger partial charge in [-0.15, -0.1) is 0 Å². The van der Waals surface area contributed by atoms with Gasteiger partial charge in [0.25, 0.3) is 5.91 Å². The number of ether oxygens (including phenoxy) is 2. The quantitative estimate of drug-likeness (QED) is 0.130. The topological polar surface area (TPSA) is 93.7 Å². The number of fused-ring (bicyclic) bond motifs is 1. The van der Waals surface area contributed by atoms with E-state index in [0.29, 0.717) is 12.1 Å². The molecule has 0 aliphatic heterocycles. The number of hydrogen-bond acceptors (Lipinski definition) is 5. The maximum absolute atomic E-state index is 12.8. The molecule has 2 N–H and O–H groups in total. The molecule has 0 saturated heterocycles. The lowest BCUT2D eigenvalue weighted by Gasteiger charge is -2.26. The summed E-state index contributed by atoms with van der Waals surface area (Å²) in [5.74, 6) is -0.589. The second kappa shape index (κ2) is 15.2. The van der Waals surface area contributed by atoms with Gasteiger partial charge >= 0.3 is 12.1 Å². The number of nitrogens with one attached hydrogen (secondary N) is 2. The fraction of sp³-hybridized carbons (Fsp3) is 0.342. The van der Waals surface area contributed by atoms with Crippen molar-refractivity contribution in [2.45, 2.75) is 77.4 Å². The van der Waals surface area contributed by atoms with Crippen molar-refractivity contribution in [3.8, 4) is 0 Å². The monoisotopic (exact) mass is 638 g/mol. The number of aryl methyl sites for hydroxylation is 1. The Morgan fingerprint density at radius 1 is 0.826 bits per heavy atom. The van der Waals surface area contributed by atoms with Crippen LogP contribution in [0.3, 0.4) is 0 Å². The van der Waals surface area contributed by atoms with Crippen LogP contribution in [0.15, 0.2) is 91.0 Å². The van der Waals surface area contributed by atoms with Gasteiger partial charge in [-0.3, -0.25) is 4.79 Å². The van der Waals surface area contributed by atoms with Crippen LogP contribution in [0.5, 0.6) is 0 Å². The number of alkyl carbamates (subject to hydrolysis) is 1. The van der Waals surface area contributed by atoms with Crippen molar-refractivity contribution >= 4 is 42.0 Å². The zero-order valence-corrected chi connectivity index (χ0v) is 28.8. The molecule has 1 atom stereocenters. The molecule has 0 fully saturated rings. The first-order valence-electron chi connectivity index (χ1n) is 15.9. The highest BCUT2D eigenvalue weighted by Gasteiger charge is 2.28. The Hall–Kier alpha value is -4.43. The molecule has 4 aromatic carbocycles. The first-order chi connectivity index (χ1) is 21.9. The van der Waals surface area contributed by atoms with E-state index in [9.17, 15) is 14.4 Å². The predicted octanol–water partition coefficient (Wildman–Crippen LogP) is 6.93. The summed E-state index contributed by atoms with van der Waals surface area (Å²) in [6, 6.07) is 30.6. The number of amides is 2. The molecule has 0 bridgehead atoms. The van der Waals surface area contributed by atoms with E-state index in [1.807, 2.05) is 60.7 Å². The van der Waals surface area contributed by atoms with Gasteiger partial charge in [-0.25, -0.2) is 9.59 Å². The third kappa shape index (κ3) is 9.53. The van der Waals surface area contributed by atoms with Gasteiger partial charge in [-0.1, -0.05) is 110 Å². The van der Waals surface area contributed by atoms with Crippen molar-refractivity contribution < 1.29 is 23.9 Å². The number of methoxy groups -OCH3 is 1. The Kier molecular flexibility index (Phi) is 11.4. The van der Waals surface area contributed by atoms with Crippen LogP contribution >= 0.6 is 0 Å². The van der Waals surface area contributed by atoms with Crippen LogP contribution in [-0.2, 0) is 33.7 Å². The lowest BCUT2D eigenvalue weighted by Crippen LogP contribution is -2.45. The van der Waals surface area contributed by atoms with Gasteiger partial charge in [-0.2, -0.15) is 0 Å². The SMILES string of the molecule is COC(=O)[C@H](Cc1ccc([Si](C)(C)CCCc2cccc(C(=O)NCc3ccccc3)c2)c2ccccc12)NC(=O)OC(C)(C)C. The molecule has 7 nitrogen and oxygen atoms in total. The second-order valence-corrected chi connectivity index (χ2v) is 18.2. The van der Waals surface area contributed by atoms with E-state index in [2.05, 4.69) is 54.1 Å². The van der Waals surface area contributed by atoms with Crippen LogP contribution in [0.25, 0.3) is 10.8 Å². The van der Waals surface area contributed by atoms with Crippen molar-refractivity contribution in [1.82, 2.24) is 10.6 Å². The van der Waals surface area contributed by atoms with Crippen LogP contribution < -0.4 is 15.8 Å². The van der Waals surface area contributed by atoms with Crippen molar-refractivity contribution in [2.75, 3.05) is 7.11 Å². The Bertz CT molecular complexity index is 1660. The molecular formula is C38H46N2O5Si. The number of carbonyl (C=O) groups excluding carboxylic acids is 3. The lowest BCUT2D eigenvalue weighted by molar-refractivity contribution is -0.143. The second-order valence-electron chi connectivity index (χ2n) is 13.4. The van der Waals surface area contributed by atoms with Crippen molar-refractivity contribution in [1.29, 1.82) is 0 Å². The van der Waals surface area contributed by atoms with Crippen LogP contribution in [0, 0.1) is 0 Å². The highest BCUT2D eigenvalue weighted by atomic mass is 28.3. The number of esters is 1. The Balaban J connectivity index is 1.44. The molecule has 242 valence electrons. The normalized spacial score (nSPS) is 12.3. The van der Waals surface area contributed by atoms with Crippen molar-refractivity contribution in [2.24, 2.45) is 0 Å². The van der Waals surface area contributed by atoms with Crippen LogP contribution in [0.1, 0.15) is 54.2 Å². The fourth-order valence-corrected chi connectivity index (χ4v) is 8.56. The summed E-state index contributed by atoms with van der Waals surface area (Å²) in [5.41, 5.74) is 3.18. The fourth-order valence-electron chi connectivity index (χ4n) is 5.75. The van der Waals surface area contributed by atoms with Crippen LogP contribution in [0.2, 0.25) is 19.1 Å². The van der Waals surface area contributed by atoms with Gasteiger partial charge in [0.05, 0.1) is 15.2 Å². The summed E-state index contributed by atoms with van der Waals surface area (Å²) in [7, 11) is -0.571. The first kappa shape index (κ1) is 34.4. The summed E-state index contributed by atoms with van der Waals surface area (Å²) >= 11 is 0. The van der Waals surface area contributed by atoms with Gasteiger partial charge in [0.1, 0.15) is 11.6 Å². The van der Waals surface area contributed by atoms with Gasteiger partial charge in [-0.05, 0) is 66.8 Å².